The number of hydrogen-bond acceptors (Lipinski definition) is 7. The number of sulfonamides is 1. The lowest BCUT2D eigenvalue weighted by Crippen LogP contribution is -2.50. The number of alkyl halides is 3. The molecule has 0 aromatic rings. The lowest BCUT2D eigenvalue weighted by Gasteiger charge is -2.56. The van der Waals surface area contributed by atoms with Gasteiger partial charge in [-0.2, -0.15) is 8.78 Å². The van der Waals surface area contributed by atoms with Crippen molar-refractivity contribution in [3.05, 3.63) is 4.13 Å². The standard InChI is InChI=1S/C26H37F3NO7S2/c27-22(1-2-36-23(31)25-12-19-6-20(13-25)8-21(7-19)14-25)26(28,29)38(32,33)30-39(34,35)37-15-24-9-16-3-17(10-24)5-18(4-16)11-24/h16-22H,1-15H2/q-1. The zero-order valence-corrected chi connectivity index (χ0v) is 23.5. The van der Waals surface area contributed by atoms with Crippen molar-refractivity contribution in [2.24, 2.45) is 46.3 Å². The Morgan fingerprint density at radius 3 is 1.72 bits per heavy atom. The summed E-state index contributed by atoms with van der Waals surface area (Å²) in [4.78, 5) is 12.8. The highest BCUT2D eigenvalue weighted by atomic mass is 32.3. The van der Waals surface area contributed by atoms with Gasteiger partial charge >= 0.3 is 11.2 Å². The van der Waals surface area contributed by atoms with E-state index in [1.54, 1.807) is 0 Å². The SMILES string of the molecule is O=C(OCCC(F)C(F)(F)S(=O)(=O)[N-]S(=O)(=O)OCC12CC3CC(CC(C3)C1)C2)C12CC3CC(CC(C3)C1)C2. The van der Waals surface area contributed by atoms with Gasteiger partial charge in [-0.1, -0.05) is 0 Å². The second-order valence-electron chi connectivity index (χ2n) is 13.8. The van der Waals surface area contributed by atoms with Crippen LogP contribution < -0.4 is 0 Å². The first kappa shape index (κ1) is 28.2. The fraction of sp³-hybridized carbons (Fsp3) is 0.962. The smallest absolute Gasteiger partial charge is 0.360 e. The maximum Gasteiger partial charge on any atom is 0.360 e. The molecule has 8 fully saturated rings. The van der Waals surface area contributed by atoms with Crippen molar-refractivity contribution in [2.45, 2.75) is 94.9 Å². The van der Waals surface area contributed by atoms with Crippen LogP contribution in [0, 0.1) is 46.3 Å². The van der Waals surface area contributed by atoms with Crippen molar-refractivity contribution >= 4 is 26.3 Å². The van der Waals surface area contributed by atoms with Crippen molar-refractivity contribution in [2.75, 3.05) is 13.2 Å². The second kappa shape index (κ2) is 9.55. The predicted octanol–water partition coefficient (Wildman–Crippen LogP) is 5.25. The largest absolute Gasteiger partial charge is 0.465 e. The van der Waals surface area contributed by atoms with Gasteiger partial charge in [0.1, 0.15) is 0 Å². The van der Waals surface area contributed by atoms with Gasteiger partial charge < -0.3 is 8.86 Å². The molecule has 0 radical (unpaired) electrons. The van der Waals surface area contributed by atoms with Crippen LogP contribution in [0.5, 0.6) is 0 Å². The van der Waals surface area contributed by atoms with E-state index in [4.69, 9.17) is 8.92 Å². The van der Waals surface area contributed by atoms with Crippen molar-refractivity contribution in [1.82, 2.24) is 0 Å². The predicted molar refractivity (Wildman–Crippen MR) is 134 cm³/mol. The first-order chi connectivity index (χ1) is 18.2. The third kappa shape index (κ3) is 5.27. The summed E-state index contributed by atoms with van der Waals surface area (Å²) in [6.07, 6.45) is 6.42. The molecule has 8 rings (SSSR count). The van der Waals surface area contributed by atoms with Gasteiger partial charge in [-0.15, -0.1) is 0 Å². The molecule has 1 unspecified atom stereocenters. The molecular weight excluding hydrogens is 559 g/mol. The van der Waals surface area contributed by atoms with Gasteiger partial charge in [-0.05, 0) is 118 Å². The van der Waals surface area contributed by atoms with Crippen LogP contribution in [0.3, 0.4) is 0 Å². The Morgan fingerprint density at radius 1 is 0.821 bits per heavy atom. The van der Waals surface area contributed by atoms with Gasteiger partial charge in [0.2, 0.25) is 10.3 Å². The molecule has 0 spiro atoms. The fourth-order valence-electron chi connectivity index (χ4n) is 9.96. The van der Waals surface area contributed by atoms with Crippen molar-refractivity contribution in [3.63, 3.8) is 0 Å². The third-order valence-corrected chi connectivity index (χ3v) is 13.5. The molecule has 0 aliphatic heterocycles. The number of halogens is 3. The topological polar surface area (TPSA) is 118 Å². The fourth-order valence-corrected chi connectivity index (χ4v) is 12.3. The molecule has 8 nitrogen and oxygen atoms in total. The van der Waals surface area contributed by atoms with Gasteiger partial charge in [0.25, 0.3) is 0 Å². The van der Waals surface area contributed by atoms with Crippen LogP contribution in [0.4, 0.5) is 13.2 Å². The van der Waals surface area contributed by atoms with Crippen LogP contribution in [0.2, 0.25) is 0 Å². The molecule has 8 aliphatic rings. The van der Waals surface area contributed by atoms with Gasteiger partial charge in [-0.3, -0.25) is 8.98 Å². The maximum absolute atomic E-state index is 14.6. The van der Waals surface area contributed by atoms with E-state index in [-0.39, 0.29) is 6.61 Å². The molecule has 0 aromatic carbocycles. The van der Waals surface area contributed by atoms with E-state index in [1.165, 1.54) is 0 Å². The minimum absolute atomic E-state index is 0.317. The minimum atomic E-state index is -6.12. The molecule has 0 saturated heterocycles. The number of hydrogen-bond donors (Lipinski definition) is 0. The number of esters is 1. The number of rotatable bonds is 11. The van der Waals surface area contributed by atoms with Crippen LogP contribution in [0.15, 0.2) is 0 Å². The molecular formula is C26H37F3NO7S2-. The van der Waals surface area contributed by atoms with Gasteiger partial charge in [-0.25, -0.2) is 21.2 Å². The number of carbonyl (C=O) groups is 1. The quantitative estimate of drug-likeness (QED) is 0.299. The number of ether oxygens (including phenoxy) is 1. The monoisotopic (exact) mass is 596 g/mol. The van der Waals surface area contributed by atoms with Gasteiger partial charge in [0, 0.05) is 6.42 Å². The molecule has 0 heterocycles. The average Bonchev–Trinajstić information content (AvgIpc) is 2.80. The summed E-state index contributed by atoms with van der Waals surface area (Å²) in [5.41, 5.74) is -1.08. The van der Waals surface area contributed by atoms with E-state index in [9.17, 15) is 34.8 Å². The van der Waals surface area contributed by atoms with Crippen LogP contribution in [-0.2, 0) is 34.0 Å². The van der Waals surface area contributed by atoms with Crippen LogP contribution in [0.25, 0.3) is 4.13 Å². The highest BCUT2D eigenvalue weighted by Gasteiger charge is 2.56. The van der Waals surface area contributed by atoms with Crippen molar-refractivity contribution in [3.8, 4) is 0 Å². The molecule has 8 saturated carbocycles. The Labute approximate surface area is 228 Å². The lowest BCUT2D eigenvalue weighted by atomic mass is 9.49. The average molecular weight is 597 g/mol. The summed E-state index contributed by atoms with van der Waals surface area (Å²) in [5, 5.41) is -5.13. The third-order valence-electron chi connectivity index (χ3n) is 10.7. The first-order valence-electron chi connectivity index (χ1n) is 14.3. The molecule has 0 amide bonds. The Kier molecular flexibility index (Phi) is 6.91. The van der Waals surface area contributed by atoms with E-state index in [1.807, 2.05) is 0 Å². The Bertz CT molecular complexity index is 1140. The van der Waals surface area contributed by atoms with Crippen LogP contribution >= 0.6 is 0 Å². The van der Waals surface area contributed by atoms with Gasteiger partial charge in [0.05, 0.1) is 18.6 Å². The summed E-state index contributed by atoms with van der Waals surface area (Å²) in [5.74, 6) is 2.21. The highest BCUT2D eigenvalue weighted by Crippen LogP contribution is 2.61. The summed E-state index contributed by atoms with van der Waals surface area (Å²) >= 11 is 0. The van der Waals surface area contributed by atoms with Gasteiger partial charge in [0.15, 0.2) is 16.2 Å². The summed E-state index contributed by atoms with van der Waals surface area (Å²) in [7, 11) is -11.4. The number of carbonyl (C=O) groups excluding carboxylic acids is 1. The van der Waals surface area contributed by atoms with Crippen molar-refractivity contribution < 1.29 is 43.7 Å². The summed E-state index contributed by atoms with van der Waals surface area (Å²) in [6.45, 7) is -1.05. The molecule has 222 valence electrons. The van der Waals surface area contributed by atoms with E-state index >= 15 is 0 Å². The second-order valence-corrected chi connectivity index (χ2v) is 17.0. The maximum atomic E-state index is 14.6. The zero-order chi connectivity index (χ0) is 27.8. The molecule has 13 heteroatoms. The van der Waals surface area contributed by atoms with E-state index < -0.39 is 61.6 Å². The van der Waals surface area contributed by atoms with E-state index in [2.05, 4.69) is 4.13 Å². The Morgan fingerprint density at radius 2 is 1.26 bits per heavy atom. The van der Waals surface area contributed by atoms with E-state index in [0.717, 1.165) is 57.8 Å². The summed E-state index contributed by atoms with van der Waals surface area (Å²) < 4.78 is 105. The van der Waals surface area contributed by atoms with Crippen LogP contribution in [-0.4, -0.2) is 47.4 Å². The Balaban J connectivity index is 1.01. The highest BCUT2D eigenvalue weighted by molar-refractivity contribution is 8.10. The molecule has 8 bridgehead atoms. The minimum Gasteiger partial charge on any atom is -0.465 e. The van der Waals surface area contributed by atoms with Crippen molar-refractivity contribution in [1.29, 1.82) is 0 Å². The zero-order valence-electron chi connectivity index (χ0n) is 21.9. The molecule has 39 heavy (non-hydrogen) atoms. The first-order valence-corrected chi connectivity index (χ1v) is 17.1. The Hall–Kier alpha value is -0.920. The normalized spacial score (nSPS) is 41.6. The lowest BCUT2D eigenvalue weighted by molar-refractivity contribution is -0.172. The molecule has 0 aromatic heterocycles. The summed E-state index contributed by atoms with van der Waals surface area (Å²) in [6, 6.07) is 0. The number of nitrogens with zero attached hydrogens (tertiary/aromatic N) is 1. The van der Waals surface area contributed by atoms with Crippen LogP contribution in [0.1, 0.15) is 83.5 Å². The molecule has 8 aliphatic carbocycles. The molecule has 1 atom stereocenters. The van der Waals surface area contributed by atoms with E-state index in [0.29, 0.717) is 54.8 Å². The molecule has 0 N–H and O–H groups in total.